The van der Waals surface area contributed by atoms with E-state index in [0.29, 0.717) is 5.76 Å². The van der Waals surface area contributed by atoms with Crippen LogP contribution >= 0.6 is 0 Å². The Labute approximate surface area is 173 Å². The highest BCUT2D eigenvalue weighted by Crippen LogP contribution is 2.20. The van der Waals surface area contributed by atoms with Crippen LogP contribution in [0.3, 0.4) is 0 Å². The molecule has 0 aliphatic carbocycles. The predicted molar refractivity (Wildman–Crippen MR) is 110 cm³/mol. The molecule has 30 heavy (non-hydrogen) atoms. The summed E-state index contributed by atoms with van der Waals surface area (Å²) in [6.45, 7) is 0.982. The van der Waals surface area contributed by atoms with E-state index in [2.05, 4.69) is 10.5 Å². The Morgan fingerprint density at radius 2 is 1.87 bits per heavy atom. The quantitative estimate of drug-likeness (QED) is 0.440. The summed E-state index contributed by atoms with van der Waals surface area (Å²) in [4.78, 5) is 12.3. The van der Waals surface area contributed by atoms with Gasteiger partial charge in [-0.1, -0.05) is 35.9 Å². The van der Waals surface area contributed by atoms with Crippen molar-refractivity contribution in [2.45, 2.75) is 18.4 Å². The molecule has 0 radical (unpaired) electrons. The second-order valence-electron chi connectivity index (χ2n) is 6.49. The van der Waals surface area contributed by atoms with Crippen LogP contribution in [-0.4, -0.2) is 31.4 Å². The lowest BCUT2D eigenvalue weighted by Crippen LogP contribution is -2.39. The third-order valence-corrected chi connectivity index (χ3v) is 6.01. The molecule has 3 rings (SSSR count). The summed E-state index contributed by atoms with van der Waals surface area (Å²) in [6, 6.07) is 15.3. The van der Waals surface area contributed by atoms with Gasteiger partial charge in [0.2, 0.25) is 10.0 Å². The van der Waals surface area contributed by atoms with E-state index in [1.807, 2.05) is 6.92 Å². The normalized spacial score (nSPS) is 11.8. The SMILES string of the molecule is Cc1ccc(S(=O)(=O)N(CC(=O)N/N=C\c2ccco2)Cc2ccccc2F)cc1. The highest BCUT2D eigenvalue weighted by Gasteiger charge is 2.27. The predicted octanol–water partition coefficient (Wildman–Crippen LogP) is 3.07. The Bertz CT molecular complexity index is 1130. The minimum Gasteiger partial charge on any atom is -0.463 e. The van der Waals surface area contributed by atoms with Crippen LogP contribution in [0.15, 0.2) is 81.3 Å². The van der Waals surface area contributed by atoms with E-state index in [-0.39, 0.29) is 17.0 Å². The summed E-state index contributed by atoms with van der Waals surface area (Å²) in [5, 5.41) is 3.74. The van der Waals surface area contributed by atoms with Crippen molar-refractivity contribution in [2.75, 3.05) is 6.54 Å². The number of rotatable bonds is 8. The van der Waals surface area contributed by atoms with Crippen molar-refractivity contribution < 1.29 is 22.0 Å². The van der Waals surface area contributed by atoms with Gasteiger partial charge in [-0.15, -0.1) is 0 Å². The van der Waals surface area contributed by atoms with Gasteiger partial charge in [0.1, 0.15) is 11.6 Å². The van der Waals surface area contributed by atoms with Crippen LogP contribution in [0.5, 0.6) is 0 Å². The van der Waals surface area contributed by atoms with Crippen LogP contribution in [0, 0.1) is 12.7 Å². The van der Waals surface area contributed by atoms with Crippen molar-refractivity contribution in [3.05, 3.63) is 89.6 Å². The summed E-state index contributed by atoms with van der Waals surface area (Å²) >= 11 is 0. The fourth-order valence-corrected chi connectivity index (χ4v) is 4.00. The van der Waals surface area contributed by atoms with Crippen molar-refractivity contribution in [2.24, 2.45) is 5.10 Å². The Kier molecular flexibility index (Phi) is 6.76. The Morgan fingerprint density at radius 3 is 2.53 bits per heavy atom. The maximum Gasteiger partial charge on any atom is 0.255 e. The molecule has 9 heteroatoms. The van der Waals surface area contributed by atoms with E-state index in [4.69, 9.17) is 4.42 Å². The van der Waals surface area contributed by atoms with Crippen LogP contribution in [0.4, 0.5) is 4.39 Å². The fraction of sp³-hybridized carbons (Fsp3) is 0.143. The number of hydrogen-bond donors (Lipinski definition) is 1. The number of sulfonamides is 1. The number of carbonyl (C=O) groups excluding carboxylic acids is 1. The van der Waals surface area contributed by atoms with E-state index in [1.54, 1.807) is 30.3 Å². The molecule has 7 nitrogen and oxygen atoms in total. The lowest BCUT2D eigenvalue weighted by Gasteiger charge is -2.22. The molecule has 156 valence electrons. The molecule has 0 saturated carbocycles. The van der Waals surface area contributed by atoms with Gasteiger partial charge in [0.25, 0.3) is 5.91 Å². The van der Waals surface area contributed by atoms with E-state index in [0.717, 1.165) is 9.87 Å². The third kappa shape index (κ3) is 5.40. The molecular formula is C21H20FN3O4S. The molecule has 2 aromatic carbocycles. The maximum absolute atomic E-state index is 14.1. The van der Waals surface area contributed by atoms with Crippen molar-refractivity contribution in [3.63, 3.8) is 0 Å². The molecule has 3 aromatic rings. The first-order valence-electron chi connectivity index (χ1n) is 9.02. The number of benzene rings is 2. The molecule has 0 fully saturated rings. The van der Waals surface area contributed by atoms with E-state index < -0.39 is 28.3 Å². The first-order valence-corrected chi connectivity index (χ1v) is 10.5. The first-order chi connectivity index (χ1) is 14.4. The Balaban J connectivity index is 1.82. The molecule has 1 N–H and O–H groups in total. The van der Waals surface area contributed by atoms with Crippen LogP contribution in [0.2, 0.25) is 0 Å². The van der Waals surface area contributed by atoms with Gasteiger partial charge in [-0.05, 0) is 37.3 Å². The second-order valence-corrected chi connectivity index (χ2v) is 8.42. The molecule has 0 aliphatic heterocycles. The fourth-order valence-electron chi connectivity index (χ4n) is 2.63. The molecule has 0 atom stereocenters. The zero-order valence-electron chi connectivity index (χ0n) is 16.2. The topological polar surface area (TPSA) is 92.0 Å². The molecule has 1 heterocycles. The minimum absolute atomic E-state index is 0.0105. The maximum atomic E-state index is 14.1. The summed E-state index contributed by atoms with van der Waals surface area (Å²) < 4.78 is 46.4. The largest absolute Gasteiger partial charge is 0.463 e. The monoisotopic (exact) mass is 429 g/mol. The number of hydrogen-bond acceptors (Lipinski definition) is 5. The number of amides is 1. The second kappa shape index (κ2) is 9.47. The Morgan fingerprint density at radius 1 is 1.13 bits per heavy atom. The van der Waals surface area contributed by atoms with E-state index in [9.17, 15) is 17.6 Å². The highest BCUT2D eigenvalue weighted by atomic mass is 32.2. The first kappa shape index (κ1) is 21.4. The standard InChI is InChI=1S/C21H20FN3O4S/c1-16-8-10-19(11-9-16)30(27,28)25(14-17-5-2-3-7-20(17)22)15-21(26)24-23-13-18-6-4-12-29-18/h2-13H,14-15H2,1H3,(H,24,26)/b23-13-. The van der Waals surface area contributed by atoms with Gasteiger partial charge in [-0.3, -0.25) is 4.79 Å². The number of carbonyl (C=O) groups is 1. The van der Waals surface area contributed by atoms with Crippen LogP contribution in [0.1, 0.15) is 16.9 Å². The lowest BCUT2D eigenvalue weighted by atomic mass is 10.2. The van der Waals surface area contributed by atoms with Gasteiger partial charge in [0, 0.05) is 12.1 Å². The lowest BCUT2D eigenvalue weighted by molar-refractivity contribution is -0.121. The average Bonchev–Trinajstić information content (AvgIpc) is 3.23. The number of hydrazone groups is 1. The molecule has 0 unspecified atom stereocenters. The molecule has 0 saturated heterocycles. The van der Waals surface area contributed by atoms with Gasteiger partial charge < -0.3 is 4.42 Å². The third-order valence-electron chi connectivity index (χ3n) is 4.21. The van der Waals surface area contributed by atoms with E-state index >= 15 is 0 Å². The smallest absolute Gasteiger partial charge is 0.255 e. The molecule has 1 amide bonds. The molecular weight excluding hydrogens is 409 g/mol. The minimum atomic E-state index is -4.06. The van der Waals surface area contributed by atoms with Crippen LogP contribution in [0.25, 0.3) is 0 Å². The summed E-state index contributed by atoms with van der Waals surface area (Å²) in [7, 11) is -4.06. The summed E-state index contributed by atoms with van der Waals surface area (Å²) in [6.07, 6.45) is 2.74. The average molecular weight is 429 g/mol. The Hall–Kier alpha value is -3.30. The number of nitrogens with zero attached hydrogens (tertiary/aromatic N) is 2. The highest BCUT2D eigenvalue weighted by molar-refractivity contribution is 7.89. The van der Waals surface area contributed by atoms with Crippen molar-refractivity contribution >= 4 is 22.1 Å². The van der Waals surface area contributed by atoms with E-state index in [1.165, 1.54) is 42.8 Å². The molecule has 0 aliphatic rings. The number of nitrogens with one attached hydrogen (secondary N) is 1. The van der Waals surface area contributed by atoms with Crippen LogP contribution < -0.4 is 5.43 Å². The van der Waals surface area contributed by atoms with Gasteiger partial charge in [-0.25, -0.2) is 18.2 Å². The summed E-state index contributed by atoms with van der Waals surface area (Å²) in [5.74, 6) is -0.812. The summed E-state index contributed by atoms with van der Waals surface area (Å²) in [5.41, 5.74) is 3.30. The van der Waals surface area contributed by atoms with Crippen LogP contribution in [-0.2, 0) is 21.4 Å². The van der Waals surface area contributed by atoms with Gasteiger partial charge in [0.05, 0.1) is 23.9 Å². The van der Waals surface area contributed by atoms with Crippen molar-refractivity contribution in [1.82, 2.24) is 9.73 Å². The van der Waals surface area contributed by atoms with Gasteiger partial charge >= 0.3 is 0 Å². The van der Waals surface area contributed by atoms with Gasteiger partial charge in [0.15, 0.2) is 0 Å². The number of furan rings is 1. The number of halogens is 1. The van der Waals surface area contributed by atoms with Gasteiger partial charge in [-0.2, -0.15) is 9.41 Å². The zero-order valence-corrected chi connectivity index (χ0v) is 17.0. The molecule has 0 bridgehead atoms. The van der Waals surface area contributed by atoms with Crippen molar-refractivity contribution in [3.8, 4) is 0 Å². The zero-order chi connectivity index (χ0) is 21.6. The molecule has 1 aromatic heterocycles. The number of aryl methyl sites for hydroxylation is 1. The van der Waals surface area contributed by atoms with Crippen molar-refractivity contribution in [1.29, 1.82) is 0 Å². The molecule has 0 spiro atoms.